The molecule has 0 amide bonds. The van der Waals surface area contributed by atoms with Gasteiger partial charge in [-0.2, -0.15) is 5.10 Å². The van der Waals surface area contributed by atoms with Gasteiger partial charge in [-0.25, -0.2) is 0 Å². The predicted octanol–water partition coefficient (Wildman–Crippen LogP) is 3.15. The molecule has 0 aromatic carbocycles. The first-order chi connectivity index (χ1) is 16.3. The van der Waals surface area contributed by atoms with Crippen molar-refractivity contribution in [1.82, 2.24) is 9.78 Å². The van der Waals surface area contributed by atoms with Gasteiger partial charge in [0.1, 0.15) is 12.1 Å². The Bertz CT molecular complexity index is 991. The van der Waals surface area contributed by atoms with E-state index < -0.39 is 23.9 Å². The molecule has 1 aromatic rings. The van der Waals surface area contributed by atoms with Crippen molar-refractivity contribution in [3.63, 3.8) is 0 Å². The molecule has 11 heteroatoms. The second kappa shape index (κ2) is 9.74. The molecule has 36 heavy (non-hydrogen) atoms. The number of ether oxygens (including phenoxy) is 1. The Labute approximate surface area is 216 Å². The van der Waals surface area contributed by atoms with E-state index in [1.165, 1.54) is 4.68 Å². The number of carbonyl (C=O) groups excluding carboxylic acids is 1. The Hall–Kier alpha value is -1.94. The highest BCUT2D eigenvalue weighted by Crippen LogP contribution is 2.38. The van der Waals surface area contributed by atoms with Crippen LogP contribution in [0.5, 0.6) is 0 Å². The van der Waals surface area contributed by atoms with Crippen LogP contribution in [-0.4, -0.2) is 70.8 Å². The van der Waals surface area contributed by atoms with Crippen LogP contribution in [-0.2, 0) is 34.7 Å². The van der Waals surface area contributed by atoms with Crippen LogP contribution in [0, 0.1) is 0 Å². The third-order valence-corrected chi connectivity index (χ3v) is 7.09. The van der Waals surface area contributed by atoms with E-state index >= 15 is 0 Å². The summed E-state index contributed by atoms with van der Waals surface area (Å²) in [7, 11) is -0.719. The SMILES string of the molecule is CC(C)(C)OC(=O)Cn1cc(B2OC(C)(C)C(C)(C)O2)cn1.CC1(C)OB(C2=CCN=C2)OC1(C)C. The van der Waals surface area contributed by atoms with Crippen molar-refractivity contribution in [3.8, 4) is 0 Å². The standard InChI is InChI=1S/C15H25BN2O4.C10H16BNO2/c1-13(2,3)20-12(19)10-18-9-11(8-17-18)16-21-14(4,5)15(6,7)22-16;1-9(2)10(3,4)14-11(13-9)8-5-6-12-7-8/h8-9H,10H2,1-7H3;5,7H,6H2,1-4H3. The molecule has 9 nitrogen and oxygen atoms in total. The minimum Gasteiger partial charge on any atom is -0.459 e. The summed E-state index contributed by atoms with van der Waals surface area (Å²) in [6.45, 7) is 22.5. The van der Waals surface area contributed by atoms with Crippen LogP contribution < -0.4 is 5.46 Å². The number of aliphatic imine (C=N–C) groups is 1. The summed E-state index contributed by atoms with van der Waals surface area (Å²) in [4.78, 5) is 15.9. The number of aromatic nitrogens is 2. The Morgan fingerprint density at radius 2 is 1.44 bits per heavy atom. The summed E-state index contributed by atoms with van der Waals surface area (Å²) in [5, 5.41) is 4.18. The molecule has 4 heterocycles. The molecule has 1 aromatic heterocycles. The molecule has 0 atom stereocenters. The van der Waals surface area contributed by atoms with Crippen molar-refractivity contribution >= 4 is 31.9 Å². The third kappa shape index (κ3) is 6.48. The lowest BCUT2D eigenvalue weighted by Gasteiger charge is -2.32. The number of hydrogen-bond acceptors (Lipinski definition) is 8. The number of esters is 1. The predicted molar refractivity (Wildman–Crippen MR) is 141 cm³/mol. The van der Waals surface area contributed by atoms with Crippen LogP contribution in [0.3, 0.4) is 0 Å². The van der Waals surface area contributed by atoms with E-state index in [9.17, 15) is 4.79 Å². The molecule has 198 valence electrons. The molecule has 0 N–H and O–H groups in total. The highest BCUT2D eigenvalue weighted by Gasteiger charge is 2.53. The molecular formula is C25H41B2N3O6. The average molecular weight is 501 g/mol. The zero-order valence-corrected chi connectivity index (χ0v) is 23.7. The van der Waals surface area contributed by atoms with Crippen LogP contribution in [0.1, 0.15) is 76.2 Å². The summed E-state index contributed by atoms with van der Waals surface area (Å²) in [6.07, 6.45) is 7.29. The van der Waals surface area contributed by atoms with Gasteiger partial charge in [0.25, 0.3) is 0 Å². The van der Waals surface area contributed by atoms with Crippen LogP contribution in [0.15, 0.2) is 28.9 Å². The van der Waals surface area contributed by atoms with Crippen molar-refractivity contribution in [2.75, 3.05) is 6.54 Å². The van der Waals surface area contributed by atoms with E-state index in [0.29, 0.717) is 0 Å². The Balaban J connectivity index is 0.000000221. The fraction of sp³-hybridized carbons (Fsp3) is 0.720. The van der Waals surface area contributed by atoms with E-state index in [-0.39, 0.29) is 30.8 Å². The zero-order valence-electron chi connectivity index (χ0n) is 23.7. The van der Waals surface area contributed by atoms with Gasteiger partial charge >= 0.3 is 20.2 Å². The van der Waals surface area contributed by atoms with Crippen LogP contribution in [0.2, 0.25) is 0 Å². The van der Waals surface area contributed by atoms with Crippen LogP contribution in [0.25, 0.3) is 0 Å². The maximum absolute atomic E-state index is 11.8. The van der Waals surface area contributed by atoms with Gasteiger partial charge in [-0.3, -0.25) is 14.5 Å². The van der Waals surface area contributed by atoms with E-state index in [2.05, 4.69) is 37.8 Å². The number of hydrogen-bond donors (Lipinski definition) is 0. The topological polar surface area (TPSA) is 93.4 Å². The second-order valence-corrected chi connectivity index (χ2v) is 12.4. The first kappa shape index (κ1) is 28.6. The third-order valence-electron chi connectivity index (χ3n) is 7.09. The van der Waals surface area contributed by atoms with Gasteiger partial charge in [0.2, 0.25) is 0 Å². The van der Waals surface area contributed by atoms with E-state index in [1.54, 1.807) is 12.4 Å². The van der Waals surface area contributed by atoms with E-state index in [1.807, 2.05) is 60.8 Å². The normalized spacial score (nSPS) is 23.4. The molecule has 3 aliphatic rings. The minimum absolute atomic E-state index is 0.0662. The second-order valence-electron chi connectivity index (χ2n) is 12.4. The lowest BCUT2D eigenvalue weighted by molar-refractivity contribution is -0.155. The average Bonchev–Trinajstić information content (AvgIpc) is 3.43. The molecule has 4 rings (SSSR count). The summed E-state index contributed by atoms with van der Waals surface area (Å²) in [5.41, 5.74) is 0.0317. The maximum atomic E-state index is 11.8. The number of carbonyl (C=O) groups is 1. The fourth-order valence-corrected chi connectivity index (χ4v) is 3.58. The molecule has 3 aliphatic heterocycles. The van der Waals surface area contributed by atoms with Gasteiger partial charge in [0.05, 0.1) is 28.9 Å². The molecule has 0 spiro atoms. The summed E-state index contributed by atoms with van der Waals surface area (Å²) in [5.74, 6) is -0.323. The van der Waals surface area contributed by atoms with Gasteiger partial charge < -0.3 is 23.4 Å². The lowest BCUT2D eigenvalue weighted by atomic mass is 9.79. The molecule has 0 radical (unpaired) electrons. The molecule has 0 bridgehead atoms. The van der Waals surface area contributed by atoms with Gasteiger partial charge in [-0.15, -0.1) is 0 Å². The summed E-state index contributed by atoms with van der Waals surface area (Å²) < 4.78 is 30.5. The van der Waals surface area contributed by atoms with E-state index in [0.717, 1.165) is 17.5 Å². The highest BCUT2D eigenvalue weighted by atomic mass is 16.7. The van der Waals surface area contributed by atoms with Gasteiger partial charge in [-0.05, 0) is 81.6 Å². The van der Waals surface area contributed by atoms with Gasteiger partial charge in [0, 0.05) is 24.1 Å². The first-order valence-electron chi connectivity index (χ1n) is 12.5. The molecule has 0 unspecified atom stereocenters. The van der Waals surface area contributed by atoms with Crippen molar-refractivity contribution in [2.45, 2.75) is 111 Å². The largest absolute Gasteiger partial charge is 0.498 e. The molecule has 2 fully saturated rings. The van der Waals surface area contributed by atoms with Gasteiger partial charge in [-0.1, -0.05) is 6.08 Å². The Morgan fingerprint density at radius 1 is 0.944 bits per heavy atom. The summed E-state index contributed by atoms with van der Waals surface area (Å²) >= 11 is 0. The molecule has 0 saturated carbocycles. The fourth-order valence-electron chi connectivity index (χ4n) is 3.58. The lowest BCUT2D eigenvalue weighted by Crippen LogP contribution is -2.41. The number of nitrogens with zero attached hydrogens (tertiary/aromatic N) is 3. The summed E-state index contributed by atoms with van der Waals surface area (Å²) in [6, 6.07) is 0. The highest BCUT2D eigenvalue weighted by molar-refractivity contribution is 6.62. The van der Waals surface area contributed by atoms with Gasteiger partial charge in [0.15, 0.2) is 0 Å². The van der Waals surface area contributed by atoms with E-state index in [4.69, 9.17) is 23.4 Å². The van der Waals surface area contributed by atoms with Crippen molar-refractivity contribution in [3.05, 3.63) is 23.9 Å². The smallest absolute Gasteiger partial charge is 0.459 e. The molecule has 0 aliphatic carbocycles. The Kier molecular flexibility index (Phi) is 7.75. The number of rotatable bonds is 4. The molecule has 2 saturated heterocycles. The molecular weight excluding hydrogens is 460 g/mol. The minimum atomic E-state index is -0.501. The van der Waals surface area contributed by atoms with Crippen LogP contribution in [0.4, 0.5) is 0 Å². The van der Waals surface area contributed by atoms with Crippen molar-refractivity contribution in [2.24, 2.45) is 4.99 Å². The quantitative estimate of drug-likeness (QED) is 0.463. The number of allylic oxidation sites excluding steroid dienone is 1. The zero-order chi connectivity index (χ0) is 27.2. The van der Waals surface area contributed by atoms with Crippen molar-refractivity contribution in [1.29, 1.82) is 0 Å². The monoisotopic (exact) mass is 501 g/mol. The first-order valence-corrected chi connectivity index (χ1v) is 12.5. The maximum Gasteiger partial charge on any atom is 0.498 e. The Morgan fingerprint density at radius 3 is 1.89 bits per heavy atom. The van der Waals surface area contributed by atoms with Crippen LogP contribution >= 0.6 is 0 Å². The van der Waals surface area contributed by atoms with Crippen molar-refractivity contribution < 1.29 is 28.1 Å².